The van der Waals surface area contributed by atoms with Gasteiger partial charge in [-0.3, -0.25) is 4.79 Å². The zero-order valence-corrected chi connectivity index (χ0v) is 12.5. The zero-order chi connectivity index (χ0) is 15.2. The molecule has 0 aromatic rings. The highest BCUT2D eigenvalue weighted by atomic mass is 32.2. The molecule has 1 atom stereocenters. The number of carbonyl (C=O) groups is 2. The zero-order valence-electron chi connectivity index (χ0n) is 11.7. The first-order chi connectivity index (χ1) is 9.30. The quantitative estimate of drug-likeness (QED) is 0.768. The van der Waals surface area contributed by atoms with E-state index in [1.54, 1.807) is 0 Å². The predicted octanol–water partition coefficient (Wildman–Crippen LogP) is 0.460. The molecule has 20 heavy (non-hydrogen) atoms. The summed E-state index contributed by atoms with van der Waals surface area (Å²) >= 11 is 0. The molecule has 1 rings (SSSR count). The summed E-state index contributed by atoms with van der Waals surface area (Å²) in [5.74, 6) is -0.708. The molecule has 1 fully saturated rings. The van der Waals surface area contributed by atoms with Gasteiger partial charge in [0.05, 0.1) is 11.5 Å². The number of nitrogens with zero attached hydrogens (tertiary/aromatic N) is 1. The number of rotatable bonds is 5. The van der Waals surface area contributed by atoms with Crippen LogP contribution in [-0.2, 0) is 14.6 Å². The van der Waals surface area contributed by atoms with E-state index in [1.807, 2.05) is 6.92 Å². The Hall–Kier alpha value is -1.31. The smallest absolute Gasteiger partial charge is 0.317 e. The fourth-order valence-corrected chi connectivity index (χ4v) is 3.35. The van der Waals surface area contributed by atoms with E-state index in [2.05, 4.69) is 5.32 Å². The lowest BCUT2D eigenvalue weighted by Crippen LogP contribution is -2.45. The lowest BCUT2D eigenvalue weighted by Gasteiger charge is -2.23. The van der Waals surface area contributed by atoms with E-state index in [0.717, 1.165) is 0 Å². The first-order valence-electron chi connectivity index (χ1n) is 6.78. The van der Waals surface area contributed by atoms with Crippen molar-refractivity contribution in [1.29, 1.82) is 0 Å². The molecule has 0 saturated carbocycles. The van der Waals surface area contributed by atoms with Crippen LogP contribution < -0.4 is 5.32 Å². The number of carboxylic acids is 1. The monoisotopic (exact) mass is 306 g/mol. The van der Waals surface area contributed by atoms with E-state index < -0.39 is 15.8 Å². The maximum atomic E-state index is 12.0. The summed E-state index contributed by atoms with van der Waals surface area (Å²) in [6.07, 6.45) is 1.64. The summed E-state index contributed by atoms with van der Waals surface area (Å²) in [6.45, 7) is 2.47. The van der Waals surface area contributed by atoms with Crippen LogP contribution in [0.3, 0.4) is 0 Å². The van der Waals surface area contributed by atoms with Crippen molar-refractivity contribution in [3.63, 3.8) is 0 Å². The van der Waals surface area contributed by atoms with Crippen molar-refractivity contribution in [2.45, 2.75) is 38.6 Å². The van der Waals surface area contributed by atoms with Gasteiger partial charge in [0.15, 0.2) is 9.84 Å². The largest absolute Gasteiger partial charge is 0.481 e. The molecule has 1 heterocycles. The van der Waals surface area contributed by atoms with Crippen LogP contribution in [0.2, 0.25) is 0 Å². The van der Waals surface area contributed by atoms with E-state index in [0.29, 0.717) is 25.8 Å². The molecule has 1 unspecified atom stereocenters. The average Bonchev–Trinajstić information content (AvgIpc) is 2.49. The van der Waals surface area contributed by atoms with Crippen LogP contribution in [0, 0.1) is 0 Å². The number of carbonyl (C=O) groups excluding carboxylic acids is 1. The highest BCUT2D eigenvalue weighted by Crippen LogP contribution is 2.06. The highest BCUT2D eigenvalue weighted by molar-refractivity contribution is 7.91. The minimum Gasteiger partial charge on any atom is -0.481 e. The minimum atomic E-state index is -3.02. The molecule has 7 nitrogen and oxygen atoms in total. The number of aliphatic carboxylic acids is 1. The molecule has 2 amide bonds. The van der Waals surface area contributed by atoms with Crippen molar-refractivity contribution >= 4 is 21.8 Å². The van der Waals surface area contributed by atoms with Gasteiger partial charge in [-0.2, -0.15) is 0 Å². The van der Waals surface area contributed by atoms with Crippen LogP contribution in [0.1, 0.15) is 32.6 Å². The molecule has 0 aromatic heterocycles. The van der Waals surface area contributed by atoms with Crippen LogP contribution in [0.25, 0.3) is 0 Å². The van der Waals surface area contributed by atoms with Crippen LogP contribution in [0.5, 0.6) is 0 Å². The second-order valence-electron chi connectivity index (χ2n) is 5.13. The molecule has 0 bridgehead atoms. The number of hydrogen-bond donors (Lipinski definition) is 2. The van der Waals surface area contributed by atoms with Crippen molar-refractivity contribution in [3.8, 4) is 0 Å². The number of urea groups is 1. The lowest BCUT2D eigenvalue weighted by molar-refractivity contribution is -0.137. The Balaban J connectivity index is 2.36. The van der Waals surface area contributed by atoms with Gasteiger partial charge in [-0.05, 0) is 26.2 Å². The molecule has 0 aliphatic carbocycles. The van der Waals surface area contributed by atoms with E-state index in [4.69, 9.17) is 5.11 Å². The summed E-state index contributed by atoms with van der Waals surface area (Å²) in [7, 11) is -3.02. The molecule has 2 N–H and O–H groups in total. The highest BCUT2D eigenvalue weighted by Gasteiger charge is 2.23. The van der Waals surface area contributed by atoms with Crippen molar-refractivity contribution in [1.82, 2.24) is 10.2 Å². The average molecular weight is 306 g/mol. The van der Waals surface area contributed by atoms with Gasteiger partial charge < -0.3 is 15.3 Å². The number of amides is 2. The summed E-state index contributed by atoms with van der Waals surface area (Å²) in [4.78, 5) is 23.9. The first kappa shape index (κ1) is 16.7. The molecule has 0 spiro atoms. The summed E-state index contributed by atoms with van der Waals surface area (Å²) in [5, 5.41) is 11.3. The molecule has 8 heteroatoms. The maximum Gasteiger partial charge on any atom is 0.317 e. The molecule has 1 aliphatic heterocycles. The van der Waals surface area contributed by atoms with Crippen molar-refractivity contribution < 1.29 is 23.1 Å². The number of sulfone groups is 1. The Kier molecular flexibility index (Phi) is 6.25. The molecular weight excluding hydrogens is 284 g/mol. The van der Waals surface area contributed by atoms with Crippen LogP contribution in [0.15, 0.2) is 0 Å². The van der Waals surface area contributed by atoms with E-state index in [9.17, 15) is 18.0 Å². The second kappa shape index (κ2) is 7.47. The van der Waals surface area contributed by atoms with E-state index in [-0.39, 0.29) is 36.5 Å². The molecule has 0 radical (unpaired) electrons. The molecule has 1 aliphatic rings. The van der Waals surface area contributed by atoms with Crippen molar-refractivity contribution in [2.75, 3.05) is 24.6 Å². The maximum absolute atomic E-state index is 12.0. The molecule has 0 aromatic carbocycles. The van der Waals surface area contributed by atoms with Gasteiger partial charge in [-0.25, -0.2) is 13.2 Å². The third-order valence-corrected chi connectivity index (χ3v) is 4.96. The van der Waals surface area contributed by atoms with Crippen LogP contribution in [-0.4, -0.2) is 61.1 Å². The topological polar surface area (TPSA) is 104 Å². The lowest BCUT2D eigenvalue weighted by atomic mass is 10.1. The van der Waals surface area contributed by atoms with Gasteiger partial charge in [0, 0.05) is 25.6 Å². The Morgan fingerprint density at radius 3 is 2.65 bits per heavy atom. The standard InChI is InChI=1S/C12H22N2O5S/c1-10(4-2-5-11(15)16)13-12(17)14-6-3-8-20(18,19)9-7-14/h10H,2-9H2,1H3,(H,13,17)(H,15,16). The minimum absolute atomic E-state index is 0.00775. The SMILES string of the molecule is CC(CCCC(=O)O)NC(=O)N1CCCS(=O)(=O)CC1. The fourth-order valence-electron chi connectivity index (χ4n) is 2.08. The molecular formula is C12H22N2O5S. The van der Waals surface area contributed by atoms with Crippen LogP contribution in [0.4, 0.5) is 4.79 Å². The predicted molar refractivity (Wildman–Crippen MR) is 74.3 cm³/mol. The Labute approximate surface area is 119 Å². The summed E-state index contributed by atoms with van der Waals surface area (Å²) in [5.41, 5.74) is 0. The Morgan fingerprint density at radius 1 is 1.30 bits per heavy atom. The van der Waals surface area contributed by atoms with Crippen molar-refractivity contribution in [3.05, 3.63) is 0 Å². The fraction of sp³-hybridized carbons (Fsp3) is 0.833. The second-order valence-corrected chi connectivity index (χ2v) is 7.43. The van der Waals surface area contributed by atoms with Gasteiger partial charge in [0.25, 0.3) is 0 Å². The van der Waals surface area contributed by atoms with Crippen LogP contribution >= 0.6 is 0 Å². The van der Waals surface area contributed by atoms with Gasteiger partial charge in [0.2, 0.25) is 0 Å². The Bertz CT molecular complexity index is 449. The van der Waals surface area contributed by atoms with Gasteiger partial charge in [-0.1, -0.05) is 0 Å². The van der Waals surface area contributed by atoms with Gasteiger partial charge in [-0.15, -0.1) is 0 Å². The normalized spacial score (nSPS) is 19.9. The van der Waals surface area contributed by atoms with Gasteiger partial charge in [0.1, 0.15) is 0 Å². The number of carboxylic acid groups (broad SMARTS) is 1. The van der Waals surface area contributed by atoms with Gasteiger partial charge >= 0.3 is 12.0 Å². The van der Waals surface area contributed by atoms with Crippen molar-refractivity contribution in [2.24, 2.45) is 0 Å². The first-order valence-corrected chi connectivity index (χ1v) is 8.60. The molecule has 116 valence electrons. The third-order valence-electron chi connectivity index (χ3n) is 3.24. The van der Waals surface area contributed by atoms with E-state index in [1.165, 1.54) is 4.90 Å². The van der Waals surface area contributed by atoms with E-state index >= 15 is 0 Å². The number of nitrogens with one attached hydrogen (secondary N) is 1. The number of hydrogen-bond acceptors (Lipinski definition) is 4. The Morgan fingerprint density at radius 2 is 2.00 bits per heavy atom. The summed E-state index contributed by atoms with van der Waals surface area (Å²) in [6, 6.07) is -0.397. The summed E-state index contributed by atoms with van der Waals surface area (Å²) < 4.78 is 22.9. The third kappa shape index (κ3) is 6.23. The molecule has 1 saturated heterocycles.